The molecule has 0 bridgehead atoms. The molecular formula is C19H28N2O3. The van der Waals surface area contributed by atoms with Crippen LogP contribution in [0.5, 0.6) is 0 Å². The Balaban J connectivity index is 1.76. The standard InChI is InChI=1S/C19H28N2O3/c1-3-24-19(23)6-4-5-18(22)17-9-7-16(8-10-17)15-21-13-11-20(2)12-14-21/h7-10H,3-6,11-15H2,1-2H3. The van der Waals surface area contributed by atoms with E-state index in [1.807, 2.05) is 24.3 Å². The SMILES string of the molecule is CCOC(=O)CCCC(=O)c1ccc(CN2CCN(C)CC2)cc1. The number of ketones is 1. The molecule has 1 heterocycles. The average Bonchev–Trinajstić information content (AvgIpc) is 2.58. The number of ether oxygens (including phenoxy) is 1. The predicted octanol–water partition coefficient (Wildman–Crippen LogP) is 2.35. The molecule has 1 aromatic carbocycles. The number of Topliss-reactive ketones (excluding diaryl/α,β-unsaturated/α-hetero) is 1. The van der Waals surface area contributed by atoms with E-state index in [1.165, 1.54) is 5.56 Å². The van der Waals surface area contributed by atoms with E-state index in [9.17, 15) is 9.59 Å². The van der Waals surface area contributed by atoms with Gasteiger partial charge in [0, 0.05) is 51.1 Å². The molecule has 132 valence electrons. The van der Waals surface area contributed by atoms with Crippen LogP contribution in [-0.2, 0) is 16.1 Å². The maximum Gasteiger partial charge on any atom is 0.305 e. The van der Waals surface area contributed by atoms with Crippen molar-refractivity contribution in [2.75, 3.05) is 39.8 Å². The molecule has 0 amide bonds. The smallest absolute Gasteiger partial charge is 0.305 e. The van der Waals surface area contributed by atoms with Gasteiger partial charge in [-0.3, -0.25) is 14.5 Å². The van der Waals surface area contributed by atoms with Crippen molar-refractivity contribution in [1.29, 1.82) is 0 Å². The Morgan fingerprint density at radius 1 is 1.04 bits per heavy atom. The number of likely N-dealkylation sites (N-methyl/N-ethyl adjacent to an activating group) is 1. The van der Waals surface area contributed by atoms with Crippen LogP contribution in [0.4, 0.5) is 0 Å². The minimum Gasteiger partial charge on any atom is -0.466 e. The molecule has 0 unspecified atom stereocenters. The van der Waals surface area contributed by atoms with Gasteiger partial charge in [-0.25, -0.2) is 0 Å². The molecule has 5 heteroatoms. The summed E-state index contributed by atoms with van der Waals surface area (Å²) in [6, 6.07) is 7.88. The summed E-state index contributed by atoms with van der Waals surface area (Å²) in [7, 11) is 2.15. The van der Waals surface area contributed by atoms with Crippen molar-refractivity contribution in [3.63, 3.8) is 0 Å². The number of rotatable bonds is 8. The number of benzene rings is 1. The molecular weight excluding hydrogens is 304 g/mol. The van der Waals surface area contributed by atoms with E-state index in [-0.39, 0.29) is 11.8 Å². The van der Waals surface area contributed by atoms with Gasteiger partial charge in [-0.15, -0.1) is 0 Å². The fourth-order valence-corrected chi connectivity index (χ4v) is 2.83. The Bertz CT molecular complexity index is 534. The third kappa shape index (κ3) is 6.06. The van der Waals surface area contributed by atoms with Crippen LogP contribution < -0.4 is 0 Å². The van der Waals surface area contributed by atoms with Crippen molar-refractivity contribution in [2.45, 2.75) is 32.7 Å². The van der Waals surface area contributed by atoms with Gasteiger partial charge in [0.25, 0.3) is 0 Å². The first kappa shape index (κ1) is 18.6. The Labute approximate surface area is 144 Å². The molecule has 0 atom stereocenters. The minimum absolute atomic E-state index is 0.0884. The maximum atomic E-state index is 12.2. The second-order valence-corrected chi connectivity index (χ2v) is 6.36. The van der Waals surface area contributed by atoms with Crippen LogP contribution in [0.15, 0.2) is 24.3 Å². The summed E-state index contributed by atoms with van der Waals surface area (Å²) >= 11 is 0. The zero-order chi connectivity index (χ0) is 17.4. The summed E-state index contributed by atoms with van der Waals surface area (Å²) in [6.45, 7) is 7.50. The van der Waals surface area contributed by atoms with E-state index in [1.54, 1.807) is 6.92 Å². The van der Waals surface area contributed by atoms with Crippen LogP contribution in [0, 0.1) is 0 Å². The zero-order valence-corrected chi connectivity index (χ0v) is 14.8. The highest BCUT2D eigenvalue weighted by Gasteiger charge is 2.14. The first-order valence-corrected chi connectivity index (χ1v) is 8.77. The fourth-order valence-electron chi connectivity index (χ4n) is 2.83. The van der Waals surface area contributed by atoms with E-state index in [0.29, 0.717) is 25.9 Å². The molecule has 1 aromatic rings. The van der Waals surface area contributed by atoms with Gasteiger partial charge in [-0.1, -0.05) is 24.3 Å². The zero-order valence-electron chi connectivity index (χ0n) is 14.8. The summed E-state index contributed by atoms with van der Waals surface area (Å²) < 4.78 is 4.87. The molecule has 1 fully saturated rings. The largest absolute Gasteiger partial charge is 0.466 e. The molecule has 0 aromatic heterocycles. The summed E-state index contributed by atoms with van der Waals surface area (Å²) in [5.41, 5.74) is 1.96. The Morgan fingerprint density at radius 2 is 1.71 bits per heavy atom. The predicted molar refractivity (Wildman–Crippen MR) is 94.0 cm³/mol. The van der Waals surface area contributed by atoms with Crippen molar-refractivity contribution < 1.29 is 14.3 Å². The van der Waals surface area contributed by atoms with Crippen molar-refractivity contribution in [3.05, 3.63) is 35.4 Å². The lowest BCUT2D eigenvalue weighted by Crippen LogP contribution is -2.43. The molecule has 0 radical (unpaired) electrons. The van der Waals surface area contributed by atoms with Crippen LogP contribution in [0.1, 0.15) is 42.1 Å². The molecule has 5 nitrogen and oxygen atoms in total. The fraction of sp³-hybridized carbons (Fsp3) is 0.579. The normalized spacial score (nSPS) is 16.1. The maximum absolute atomic E-state index is 12.2. The Morgan fingerprint density at radius 3 is 2.33 bits per heavy atom. The van der Waals surface area contributed by atoms with Gasteiger partial charge in [0.05, 0.1) is 6.61 Å². The van der Waals surface area contributed by atoms with E-state index in [4.69, 9.17) is 4.74 Å². The van der Waals surface area contributed by atoms with Gasteiger partial charge < -0.3 is 9.64 Å². The molecule has 1 aliphatic heterocycles. The number of hydrogen-bond donors (Lipinski definition) is 0. The number of esters is 1. The number of hydrogen-bond acceptors (Lipinski definition) is 5. The van der Waals surface area contributed by atoms with Gasteiger partial charge in [-0.2, -0.15) is 0 Å². The summed E-state index contributed by atoms with van der Waals surface area (Å²) in [5.74, 6) is -0.140. The lowest BCUT2D eigenvalue weighted by atomic mass is 10.0. The van der Waals surface area contributed by atoms with Crippen molar-refractivity contribution >= 4 is 11.8 Å². The van der Waals surface area contributed by atoms with Crippen molar-refractivity contribution in [1.82, 2.24) is 9.80 Å². The lowest BCUT2D eigenvalue weighted by molar-refractivity contribution is -0.143. The molecule has 0 spiro atoms. The third-order valence-electron chi connectivity index (χ3n) is 4.37. The number of carbonyl (C=O) groups excluding carboxylic acids is 2. The van der Waals surface area contributed by atoms with Gasteiger partial charge in [0.15, 0.2) is 5.78 Å². The molecule has 24 heavy (non-hydrogen) atoms. The Hall–Kier alpha value is -1.72. The van der Waals surface area contributed by atoms with Crippen LogP contribution in [-0.4, -0.2) is 61.4 Å². The quantitative estimate of drug-likeness (QED) is 0.540. The highest BCUT2D eigenvalue weighted by Crippen LogP contribution is 2.12. The highest BCUT2D eigenvalue weighted by molar-refractivity contribution is 5.96. The lowest BCUT2D eigenvalue weighted by Gasteiger charge is -2.32. The molecule has 0 saturated carbocycles. The summed E-state index contributed by atoms with van der Waals surface area (Å²) in [6.07, 6.45) is 1.23. The van der Waals surface area contributed by atoms with Gasteiger partial charge in [-0.05, 0) is 26.0 Å². The van der Waals surface area contributed by atoms with Gasteiger partial charge >= 0.3 is 5.97 Å². The van der Waals surface area contributed by atoms with Crippen molar-refractivity contribution in [3.8, 4) is 0 Å². The van der Waals surface area contributed by atoms with Crippen LogP contribution >= 0.6 is 0 Å². The van der Waals surface area contributed by atoms with Gasteiger partial charge in [0.2, 0.25) is 0 Å². The monoisotopic (exact) mass is 332 g/mol. The van der Waals surface area contributed by atoms with Crippen LogP contribution in [0.25, 0.3) is 0 Å². The molecule has 1 saturated heterocycles. The minimum atomic E-state index is -0.229. The topological polar surface area (TPSA) is 49.9 Å². The summed E-state index contributed by atoms with van der Waals surface area (Å²) in [5, 5.41) is 0. The number of carbonyl (C=O) groups is 2. The van der Waals surface area contributed by atoms with E-state index in [2.05, 4.69) is 16.8 Å². The van der Waals surface area contributed by atoms with Gasteiger partial charge in [0.1, 0.15) is 0 Å². The first-order valence-electron chi connectivity index (χ1n) is 8.77. The van der Waals surface area contributed by atoms with Crippen LogP contribution in [0.3, 0.4) is 0 Å². The second-order valence-electron chi connectivity index (χ2n) is 6.36. The van der Waals surface area contributed by atoms with E-state index in [0.717, 1.165) is 38.3 Å². The molecule has 0 N–H and O–H groups in total. The molecule has 0 aliphatic carbocycles. The third-order valence-corrected chi connectivity index (χ3v) is 4.37. The van der Waals surface area contributed by atoms with E-state index >= 15 is 0 Å². The highest BCUT2D eigenvalue weighted by atomic mass is 16.5. The number of nitrogens with zero attached hydrogens (tertiary/aromatic N) is 2. The average molecular weight is 332 g/mol. The first-order chi connectivity index (χ1) is 11.6. The Kier molecular flexibility index (Phi) is 7.40. The molecule has 1 aliphatic rings. The van der Waals surface area contributed by atoms with Crippen LogP contribution in [0.2, 0.25) is 0 Å². The molecule has 2 rings (SSSR count). The number of piperazine rings is 1. The summed E-state index contributed by atoms with van der Waals surface area (Å²) in [4.78, 5) is 28.2. The second kappa shape index (κ2) is 9.55. The van der Waals surface area contributed by atoms with E-state index < -0.39 is 0 Å². The van der Waals surface area contributed by atoms with Crippen molar-refractivity contribution in [2.24, 2.45) is 0 Å².